The van der Waals surface area contributed by atoms with Crippen molar-refractivity contribution >= 4 is 27.7 Å². The first-order valence-electron chi connectivity index (χ1n) is 7.34. The van der Waals surface area contributed by atoms with Crippen LogP contribution in [-0.4, -0.2) is 17.4 Å². The van der Waals surface area contributed by atoms with Gasteiger partial charge in [-0.25, -0.2) is 4.79 Å². The van der Waals surface area contributed by atoms with Crippen molar-refractivity contribution in [3.63, 3.8) is 0 Å². The van der Waals surface area contributed by atoms with Crippen LogP contribution < -0.4 is 0 Å². The second-order valence-corrected chi connectivity index (χ2v) is 6.77. The molecule has 0 spiro atoms. The van der Waals surface area contributed by atoms with Crippen molar-refractivity contribution in [2.24, 2.45) is 0 Å². The van der Waals surface area contributed by atoms with Crippen molar-refractivity contribution in [3.05, 3.63) is 70.8 Å². The summed E-state index contributed by atoms with van der Waals surface area (Å²) in [5, 5.41) is 0.732. The molecule has 120 valence electrons. The molecule has 0 fully saturated rings. The molecule has 2 rings (SSSR count). The minimum atomic E-state index is -0.606. The number of alkyl halides is 1. The van der Waals surface area contributed by atoms with E-state index in [9.17, 15) is 9.59 Å². The van der Waals surface area contributed by atoms with Gasteiger partial charge in [0, 0.05) is 16.5 Å². The zero-order valence-electron chi connectivity index (χ0n) is 13.4. The van der Waals surface area contributed by atoms with E-state index in [0.29, 0.717) is 11.1 Å². The maximum absolute atomic E-state index is 12.7. The van der Waals surface area contributed by atoms with Gasteiger partial charge in [-0.3, -0.25) is 4.79 Å². The van der Waals surface area contributed by atoms with Gasteiger partial charge in [0.2, 0.25) is 0 Å². The Hall–Kier alpha value is -1.94. The van der Waals surface area contributed by atoms with Crippen molar-refractivity contribution < 1.29 is 14.3 Å². The van der Waals surface area contributed by atoms with Crippen molar-refractivity contribution in [1.29, 1.82) is 0 Å². The van der Waals surface area contributed by atoms with Gasteiger partial charge in [0.05, 0.1) is 5.56 Å². The summed E-state index contributed by atoms with van der Waals surface area (Å²) in [4.78, 5) is 25.1. The third-order valence-electron chi connectivity index (χ3n) is 3.16. The molecule has 0 aliphatic heterocycles. The van der Waals surface area contributed by atoms with E-state index in [1.165, 1.54) is 0 Å². The van der Waals surface area contributed by atoms with Crippen molar-refractivity contribution in [1.82, 2.24) is 0 Å². The Kier molecular flexibility index (Phi) is 5.37. The summed E-state index contributed by atoms with van der Waals surface area (Å²) < 4.78 is 5.39. The minimum Gasteiger partial charge on any atom is -0.456 e. The molecule has 0 bridgehead atoms. The molecule has 23 heavy (non-hydrogen) atoms. The van der Waals surface area contributed by atoms with E-state index < -0.39 is 11.6 Å². The summed E-state index contributed by atoms with van der Waals surface area (Å²) in [6.07, 6.45) is 0. The Balaban J connectivity index is 2.35. The van der Waals surface area contributed by atoms with Crippen LogP contribution in [0.4, 0.5) is 0 Å². The molecule has 0 heterocycles. The quantitative estimate of drug-likeness (QED) is 0.439. The highest BCUT2D eigenvalue weighted by atomic mass is 79.9. The second kappa shape index (κ2) is 7.09. The molecule has 2 aromatic rings. The van der Waals surface area contributed by atoms with E-state index >= 15 is 0 Å². The number of hydrogen-bond acceptors (Lipinski definition) is 3. The Labute approximate surface area is 144 Å². The first kappa shape index (κ1) is 17.4. The fourth-order valence-corrected chi connectivity index (χ4v) is 2.47. The number of ketones is 1. The van der Waals surface area contributed by atoms with Crippen LogP contribution in [-0.2, 0) is 10.1 Å². The smallest absolute Gasteiger partial charge is 0.339 e. The van der Waals surface area contributed by atoms with Gasteiger partial charge >= 0.3 is 5.97 Å². The van der Waals surface area contributed by atoms with Crippen molar-refractivity contribution in [2.45, 2.75) is 31.7 Å². The van der Waals surface area contributed by atoms with Gasteiger partial charge in [-0.1, -0.05) is 58.4 Å². The zero-order valence-corrected chi connectivity index (χ0v) is 15.0. The predicted octanol–water partition coefficient (Wildman–Crippen LogP) is 4.77. The molecular formula is C19H19BrO3. The molecule has 0 saturated heterocycles. The molecule has 0 aliphatic rings. The topological polar surface area (TPSA) is 43.4 Å². The first-order chi connectivity index (χ1) is 10.8. The van der Waals surface area contributed by atoms with E-state index in [0.717, 1.165) is 10.9 Å². The van der Waals surface area contributed by atoms with Crippen molar-refractivity contribution in [2.75, 3.05) is 0 Å². The lowest BCUT2D eigenvalue weighted by molar-refractivity contribution is 0.00679. The first-order valence-corrected chi connectivity index (χ1v) is 8.46. The van der Waals surface area contributed by atoms with Gasteiger partial charge in [-0.15, -0.1) is 0 Å². The molecule has 0 radical (unpaired) electrons. The normalized spacial score (nSPS) is 11.1. The standard InChI is InChI=1S/C19H19BrO3/c1-19(2,3)23-18(22)16-7-5-4-6-15(16)17(21)14-10-8-13(12-20)9-11-14/h4-11H,12H2,1-3H3. The number of esters is 1. The molecule has 0 atom stereocenters. The average molecular weight is 375 g/mol. The van der Waals surface area contributed by atoms with Crippen LogP contribution in [0.5, 0.6) is 0 Å². The van der Waals surface area contributed by atoms with E-state index in [-0.39, 0.29) is 11.3 Å². The van der Waals surface area contributed by atoms with Crippen LogP contribution in [0.2, 0.25) is 0 Å². The average Bonchev–Trinajstić information content (AvgIpc) is 2.52. The monoisotopic (exact) mass is 374 g/mol. The molecule has 0 N–H and O–H groups in total. The lowest BCUT2D eigenvalue weighted by atomic mass is 9.97. The number of rotatable bonds is 4. The number of carbonyl (C=O) groups is 2. The lowest BCUT2D eigenvalue weighted by Gasteiger charge is -2.20. The largest absolute Gasteiger partial charge is 0.456 e. The number of ether oxygens (including phenoxy) is 1. The van der Waals surface area contributed by atoms with Gasteiger partial charge in [-0.2, -0.15) is 0 Å². The van der Waals surface area contributed by atoms with Crippen LogP contribution in [0.1, 0.15) is 52.6 Å². The second-order valence-electron chi connectivity index (χ2n) is 6.21. The van der Waals surface area contributed by atoms with Gasteiger partial charge in [0.15, 0.2) is 5.78 Å². The summed E-state index contributed by atoms with van der Waals surface area (Å²) >= 11 is 3.38. The summed E-state index contributed by atoms with van der Waals surface area (Å²) in [5.41, 5.74) is 1.67. The fourth-order valence-electron chi connectivity index (χ4n) is 2.09. The third kappa shape index (κ3) is 4.52. The molecular weight excluding hydrogens is 356 g/mol. The highest BCUT2D eigenvalue weighted by molar-refractivity contribution is 9.08. The number of halogens is 1. The van der Waals surface area contributed by atoms with E-state index in [2.05, 4.69) is 15.9 Å². The zero-order chi connectivity index (χ0) is 17.0. The molecule has 0 aromatic heterocycles. The lowest BCUT2D eigenvalue weighted by Crippen LogP contribution is -2.25. The Morgan fingerprint density at radius 1 is 0.957 bits per heavy atom. The van der Waals surface area contributed by atoms with E-state index in [4.69, 9.17) is 4.74 Å². The predicted molar refractivity (Wildman–Crippen MR) is 94.1 cm³/mol. The molecule has 0 unspecified atom stereocenters. The SMILES string of the molecule is CC(C)(C)OC(=O)c1ccccc1C(=O)c1ccc(CBr)cc1. The Morgan fingerprint density at radius 2 is 1.52 bits per heavy atom. The van der Waals surface area contributed by atoms with Gasteiger partial charge in [0.25, 0.3) is 0 Å². The van der Waals surface area contributed by atoms with Crippen LogP contribution in [0, 0.1) is 0 Å². The maximum Gasteiger partial charge on any atom is 0.339 e. The molecule has 4 heteroatoms. The summed E-state index contributed by atoms with van der Waals surface area (Å²) in [7, 11) is 0. The van der Waals surface area contributed by atoms with Gasteiger partial charge in [-0.05, 0) is 32.4 Å². The van der Waals surface area contributed by atoms with Gasteiger partial charge in [0.1, 0.15) is 5.60 Å². The van der Waals surface area contributed by atoms with Crippen LogP contribution in [0.15, 0.2) is 48.5 Å². The number of carbonyl (C=O) groups excluding carboxylic acids is 2. The van der Waals surface area contributed by atoms with E-state index in [1.54, 1.807) is 57.2 Å². The van der Waals surface area contributed by atoms with E-state index in [1.807, 2.05) is 12.1 Å². The fraction of sp³-hybridized carbons (Fsp3) is 0.263. The van der Waals surface area contributed by atoms with Crippen LogP contribution in [0.25, 0.3) is 0 Å². The third-order valence-corrected chi connectivity index (χ3v) is 3.81. The Bertz CT molecular complexity index is 712. The molecule has 2 aromatic carbocycles. The van der Waals surface area contributed by atoms with Crippen LogP contribution in [0.3, 0.4) is 0 Å². The molecule has 0 amide bonds. The molecule has 3 nitrogen and oxygen atoms in total. The van der Waals surface area contributed by atoms with Crippen molar-refractivity contribution in [3.8, 4) is 0 Å². The highest BCUT2D eigenvalue weighted by Gasteiger charge is 2.23. The molecule has 0 saturated carbocycles. The summed E-state index contributed by atoms with van der Waals surface area (Å²) in [5.74, 6) is -0.675. The molecule has 0 aliphatic carbocycles. The summed E-state index contributed by atoms with van der Waals surface area (Å²) in [6.45, 7) is 5.40. The summed E-state index contributed by atoms with van der Waals surface area (Å²) in [6, 6.07) is 14.1. The highest BCUT2D eigenvalue weighted by Crippen LogP contribution is 2.19. The number of hydrogen-bond donors (Lipinski definition) is 0. The van der Waals surface area contributed by atoms with Gasteiger partial charge < -0.3 is 4.74 Å². The van der Waals surface area contributed by atoms with Crippen LogP contribution >= 0.6 is 15.9 Å². The minimum absolute atomic E-state index is 0.187. The Morgan fingerprint density at radius 3 is 2.04 bits per heavy atom. The number of benzene rings is 2. The maximum atomic E-state index is 12.7.